The standard InChI is InChI=1S/C16H21N3OS/c1-2-19-16(9-20,12-7-8-12)10-21-15-13-5-3-4-6-14(13)17-11-18-15/h3-6,11-12,19-20H,2,7-10H2,1H3. The molecule has 4 nitrogen and oxygen atoms in total. The monoisotopic (exact) mass is 303 g/mol. The third-order valence-electron chi connectivity index (χ3n) is 4.14. The fraction of sp³-hybridized carbons (Fsp3) is 0.500. The molecule has 2 aromatic rings. The Kier molecular flexibility index (Phi) is 4.42. The molecule has 2 N–H and O–H groups in total. The molecule has 1 aromatic carbocycles. The average molecular weight is 303 g/mol. The van der Waals surface area contributed by atoms with E-state index in [1.807, 2.05) is 18.2 Å². The second-order valence-corrected chi connectivity index (χ2v) is 6.57. The number of likely N-dealkylation sites (N-methyl/N-ethyl adjacent to an activating group) is 1. The van der Waals surface area contributed by atoms with Crippen molar-refractivity contribution >= 4 is 22.7 Å². The average Bonchev–Trinajstić information content (AvgIpc) is 3.37. The first-order valence-electron chi connectivity index (χ1n) is 7.47. The predicted octanol–water partition coefficient (Wildman–Crippen LogP) is 2.47. The van der Waals surface area contributed by atoms with Gasteiger partial charge in [-0.2, -0.15) is 0 Å². The van der Waals surface area contributed by atoms with E-state index >= 15 is 0 Å². The molecule has 1 aliphatic carbocycles. The summed E-state index contributed by atoms with van der Waals surface area (Å²) in [4.78, 5) is 8.73. The van der Waals surface area contributed by atoms with Crippen molar-refractivity contribution in [2.24, 2.45) is 5.92 Å². The highest BCUT2D eigenvalue weighted by atomic mass is 32.2. The maximum absolute atomic E-state index is 9.90. The lowest BCUT2D eigenvalue weighted by molar-refractivity contribution is 0.161. The molecule has 0 saturated heterocycles. The molecule has 3 rings (SSSR count). The normalized spacial score (nSPS) is 17.8. The van der Waals surface area contributed by atoms with Gasteiger partial charge in [-0.1, -0.05) is 25.1 Å². The van der Waals surface area contributed by atoms with E-state index in [4.69, 9.17) is 0 Å². The van der Waals surface area contributed by atoms with Crippen LogP contribution in [-0.4, -0.2) is 39.5 Å². The number of hydrogen-bond acceptors (Lipinski definition) is 5. The maximum atomic E-state index is 9.90. The number of thioether (sulfide) groups is 1. The van der Waals surface area contributed by atoms with E-state index in [-0.39, 0.29) is 12.1 Å². The minimum Gasteiger partial charge on any atom is -0.394 e. The Hall–Kier alpha value is -1.17. The van der Waals surface area contributed by atoms with Crippen LogP contribution < -0.4 is 5.32 Å². The van der Waals surface area contributed by atoms with Crippen LogP contribution in [0.4, 0.5) is 0 Å². The van der Waals surface area contributed by atoms with Crippen molar-refractivity contribution in [3.8, 4) is 0 Å². The SMILES string of the molecule is CCNC(CO)(CSc1ncnc2ccccc12)C1CC1. The minimum absolute atomic E-state index is 0.175. The summed E-state index contributed by atoms with van der Waals surface area (Å²) in [6, 6.07) is 8.07. The lowest BCUT2D eigenvalue weighted by atomic mass is 9.97. The van der Waals surface area contributed by atoms with Crippen LogP contribution in [0, 0.1) is 5.92 Å². The Labute approximate surface area is 129 Å². The Morgan fingerprint density at radius 1 is 1.33 bits per heavy atom. The summed E-state index contributed by atoms with van der Waals surface area (Å²) in [5.74, 6) is 1.42. The van der Waals surface area contributed by atoms with Gasteiger partial charge < -0.3 is 10.4 Å². The van der Waals surface area contributed by atoms with E-state index in [2.05, 4.69) is 28.3 Å². The summed E-state index contributed by atoms with van der Waals surface area (Å²) < 4.78 is 0. The Morgan fingerprint density at radius 2 is 2.14 bits per heavy atom. The van der Waals surface area contributed by atoms with Gasteiger partial charge >= 0.3 is 0 Å². The van der Waals surface area contributed by atoms with Crippen LogP contribution in [0.2, 0.25) is 0 Å². The van der Waals surface area contributed by atoms with Crippen molar-refractivity contribution in [1.29, 1.82) is 0 Å². The highest BCUT2D eigenvalue weighted by Crippen LogP contribution is 2.42. The second-order valence-electron chi connectivity index (χ2n) is 5.60. The molecule has 1 unspecified atom stereocenters. The molecule has 5 heteroatoms. The summed E-state index contributed by atoms with van der Waals surface area (Å²) in [7, 11) is 0. The third kappa shape index (κ3) is 3.05. The lowest BCUT2D eigenvalue weighted by Crippen LogP contribution is -2.52. The number of para-hydroxylation sites is 1. The molecule has 21 heavy (non-hydrogen) atoms. The van der Waals surface area contributed by atoms with E-state index in [1.165, 1.54) is 12.8 Å². The zero-order valence-electron chi connectivity index (χ0n) is 12.2. The minimum atomic E-state index is -0.175. The van der Waals surface area contributed by atoms with Gasteiger partial charge in [0.2, 0.25) is 0 Å². The van der Waals surface area contributed by atoms with E-state index in [0.717, 1.165) is 28.2 Å². The van der Waals surface area contributed by atoms with Gasteiger partial charge in [0.1, 0.15) is 11.4 Å². The van der Waals surface area contributed by atoms with Crippen LogP contribution in [-0.2, 0) is 0 Å². The quantitative estimate of drug-likeness (QED) is 0.608. The van der Waals surface area contributed by atoms with Crippen molar-refractivity contribution < 1.29 is 5.11 Å². The zero-order chi connectivity index (χ0) is 14.7. The largest absolute Gasteiger partial charge is 0.394 e. The summed E-state index contributed by atoms with van der Waals surface area (Å²) in [6.07, 6.45) is 4.03. The van der Waals surface area contributed by atoms with Crippen LogP contribution >= 0.6 is 11.8 Å². The van der Waals surface area contributed by atoms with Gasteiger partial charge in [-0.25, -0.2) is 9.97 Å². The van der Waals surface area contributed by atoms with Gasteiger partial charge in [-0.3, -0.25) is 0 Å². The molecule has 1 fully saturated rings. The Balaban J connectivity index is 1.81. The van der Waals surface area contributed by atoms with E-state index in [9.17, 15) is 5.11 Å². The summed E-state index contributed by atoms with van der Waals surface area (Å²) in [5, 5.41) is 15.5. The van der Waals surface area contributed by atoms with Gasteiger partial charge in [-0.05, 0) is 31.4 Å². The predicted molar refractivity (Wildman–Crippen MR) is 86.5 cm³/mol. The molecule has 1 aromatic heterocycles. The first-order valence-corrected chi connectivity index (χ1v) is 8.46. The van der Waals surface area contributed by atoms with Crippen LogP contribution in [0.3, 0.4) is 0 Å². The van der Waals surface area contributed by atoms with Gasteiger partial charge in [-0.15, -0.1) is 11.8 Å². The number of nitrogens with zero attached hydrogens (tertiary/aromatic N) is 2. The number of hydrogen-bond donors (Lipinski definition) is 2. The summed E-state index contributed by atoms with van der Waals surface area (Å²) in [5.41, 5.74) is 0.797. The van der Waals surface area contributed by atoms with Crippen molar-refractivity contribution in [2.45, 2.75) is 30.3 Å². The molecule has 1 aliphatic rings. The number of aromatic nitrogens is 2. The van der Waals surface area contributed by atoms with Gasteiger partial charge in [0, 0.05) is 11.1 Å². The van der Waals surface area contributed by atoms with Crippen LogP contribution in [0.1, 0.15) is 19.8 Å². The van der Waals surface area contributed by atoms with Gasteiger partial charge in [0.15, 0.2) is 0 Å². The molecule has 0 bridgehead atoms. The molecule has 0 amide bonds. The van der Waals surface area contributed by atoms with Crippen molar-refractivity contribution in [1.82, 2.24) is 15.3 Å². The van der Waals surface area contributed by atoms with Crippen LogP contribution in [0.15, 0.2) is 35.6 Å². The molecule has 112 valence electrons. The molecular weight excluding hydrogens is 282 g/mol. The lowest BCUT2D eigenvalue weighted by Gasteiger charge is -2.32. The topological polar surface area (TPSA) is 58.0 Å². The highest BCUT2D eigenvalue weighted by Gasteiger charge is 2.44. The molecule has 0 radical (unpaired) electrons. The van der Waals surface area contributed by atoms with Gasteiger partial charge in [0.05, 0.1) is 17.7 Å². The highest BCUT2D eigenvalue weighted by molar-refractivity contribution is 7.99. The number of aliphatic hydroxyl groups excluding tert-OH is 1. The number of aliphatic hydroxyl groups is 1. The molecule has 1 heterocycles. The Bertz CT molecular complexity index is 612. The van der Waals surface area contributed by atoms with E-state index in [0.29, 0.717) is 5.92 Å². The first kappa shape index (κ1) is 14.8. The van der Waals surface area contributed by atoms with Gasteiger partial charge in [0.25, 0.3) is 0 Å². The zero-order valence-corrected chi connectivity index (χ0v) is 13.1. The van der Waals surface area contributed by atoms with Crippen molar-refractivity contribution in [3.63, 3.8) is 0 Å². The second kappa shape index (κ2) is 6.30. The molecule has 0 aliphatic heterocycles. The number of rotatable bonds is 7. The molecule has 1 saturated carbocycles. The van der Waals surface area contributed by atoms with E-state index in [1.54, 1.807) is 18.1 Å². The molecular formula is C16H21N3OS. The smallest absolute Gasteiger partial charge is 0.117 e. The number of benzene rings is 1. The van der Waals surface area contributed by atoms with Crippen LogP contribution in [0.25, 0.3) is 10.9 Å². The molecule has 1 atom stereocenters. The van der Waals surface area contributed by atoms with Crippen molar-refractivity contribution in [2.75, 3.05) is 18.9 Å². The number of fused-ring (bicyclic) bond motifs is 1. The fourth-order valence-corrected chi connectivity index (χ4v) is 4.10. The summed E-state index contributed by atoms with van der Waals surface area (Å²) in [6.45, 7) is 3.15. The first-order chi connectivity index (χ1) is 10.3. The van der Waals surface area contributed by atoms with Crippen molar-refractivity contribution in [3.05, 3.63) is 30.6 Å². The third-order valence-corrected chi connectivity index (χ3v) is 5.40. The van der Waals surface area contributed by atoms with Crippen LogP contribution in [0.5, 0.6) is 0 Å². The Morgan fingerprint density at radius 3 is 2.86 bits per heavy atom. The fourth-order valence-electron chi connectivity index (χ4n) is 2.82. The maximum Gasteiger partial charge on any atom is 0.117 e. The summed E-state index contributed by atoms with van der Waals surface area (Å²) >= 11 is 1.72. The van der Waals surface area contributed by atoms with E-state index < -0.39 is 0 Å². The number of nitrogens with one attached hydrogen (secondary N) is 1. The molecule has 0 spiro atoms.